The third-order valence-corrected chi connectivity index (χ3v) is 7.57. The summed E-state index contributed by atoms with van der Waals surface area (Å²) in [5.41, 5.74) is 10.5. The van der Waals surface area contributed by atoms with Crippen molar-refractivity contribution < 1.29 is 9.53 Å². The molecule has 10 heteroatoms. The number of fused-ring (bicyclic) bond motifs is 2. The van der Waals surface area contributed by atoms with Crippen LogP contribution >= 0.6 is 0 Å². The van der Waals surface area contributed by atoms with E-state index in [0.717, 1.165) is 57.3 Å². The maximum atomic E-state index is 12.5. The number of likely N-dealkylation sites (N-methyl/N-ethyl adjacent to an activating group) is 1. The number of benzene rings is 2. The number of nitrogens with zero attached hydrogens (tertiary/aromatic N) is 6. The van der Waals surface area contributed by atoms with E-state index in [0.29, 0.717) is 0 Å². The molecule has 3 heterocycles. The van der Waals surface area contributed by atoms with Crippen molar-refractivity contribution >= 4 is 27.8 Å². The van der Waals surface area contributed by atoms with Crippen molar-refractivity contribution in [2.75, 3.05) is 7.05 Å². The van der Waals surface area contributed by atoms with Gasteiger partial charge in [0.1, 0.15) is 17.5 Å². The lowest BCUT2D eigenvalue weighted by molar-refractivity contribution is -0.139. The Balaban J connectivity index is 1.19. The van der Waals surface area contributed by atoms with Gasteiger partial charge in [-0.2, -0.15) is 10.2 Å². The second-order valence-electron chi connectivity index (χ2n) is 10.9. The van der Waals surface area contributed by atoms with E-state index in [2.05, 4.69) is 25.3 Å². The van der Waals surface area contributed by atoms with Crippen molar-refractivity contribution in [3.8, 4) is 17.0 Å². The van der Waals surface area contributed by atoms with E-state index in [9.17, 15) is 4.79 Å². The van der Waals surface area contributed by atoms with Crippen LogP contribution in [-0.2, 0) is 4.79 Å². The molecule has 10 nitrogen and oxygen atoms in total. The van der Waals surface area contributed by atoms with Gasteiger partial charge in [-0.1, -0.05) is 12.1 Å². The third kappa shape index (κ3) is 4.61. The summed E-state index contributed by atoms with van der Waals surface area (Å²) in [7, 11) is 1.83. The van der Waals surface area contributed by atoms with Crippen LogP contribution in [0.3, 0.4) is 0 Å². The van der Waals surface area contributed by atoms with E-state index in [4.69, 9.17) is 10.5 Å². The lowest BCUT2D eigenvalue weighted by atomic mass is 9.85. The fourth-order valence-electron chi connectivity index (χ4n) is 5.27. The first kappa shape index (κ1) is 25.0. The van der Waals surface area contributed by atoms with Gasteiger partial charge in [0.05, 0.1) is 34.3 Å². The van der Waals surface area contributed by atoms with Gasteiger partial charge in [0, 0.05) is 48.2 Å². The quantitative estimate of drug-likeness (QED) is 0.323. The predicted molar refractivity (Wildman–Crippen MR) is 149 cm³/mol. The lowest BCUT2D eigenvalue weighted by Gasteiger charge is -2.43. The minimum atomic E-state index is -0.872. The van der Waals surface area contributed by atoms with E-state index in [1.54, 1.807) is 31.1 Å². The van der Waals surface area contributed by atoms with Crippen LogP contribution in [0.5, 0.6) is 5.75 Å². The first-order chi connectivity index (χ1) is 18.7. The minimum absolute atomic E-state index is 0.0455. The van der Waals surface area contributed by atoms with Crippen LogP contribution in [0.4, 0.5) is 0 Å². The number of amides is 1. The van der Waals surface area contributed by atoms with Crippen molar-refractivity contribution in [1.82, 2.24) is 34.8 Å². The molecule has 1 atom stereocenters. The second kappa shape index (κ2) is 9.46. The lowest BCUT2D eigenvalue weighted by Crippen LogP contribution is -2.55. The van der Waals surface area contributed by atoms with E-state index in [-0.39, 0.29) is 24.1 Å². The summed E-state index contributed by atoms with van der Waals surface area (Å²) in [6.45, 7) is 5.50. The third-order valence-electron chi connectivity index (χ3n) is 7.57. The summed E-state index contributed by atoms with van der Waals surface area (Å²) in [6, 6.07) is 12.3. The highest BCUT2D eigenvalue weighted by Crippen LogP contribution is 2.37. The molecule has 200 valence electrons. The van der Waals surface area contributed by atoms with Crippen molar-refractivity contribution in [3.63, 3.8) is 0 Å². The summed E-state index contributed by atoms with van der Waals surface area (Å²) >= 11 is 0. The van der Waals surface area contributed by atoms with Gasteiger partial charge in [-0.05, 0) is 57.9 Å². The van der Waals surface area contributed by atoms with Gasteiger partial charge in [0.2, 0.25) is 5.91 Å². The molecule has 1 fully saturated rings. The topological polar surface area (TPSA) is 128 Å². The van der Waals surface area contributed by atoms with Crippen LogP contribution in [0.2, 0.25) is 0 Å². The summed E-state index contributed by atoms with van der Waals surface area (Å²) in [6.07, 6.45) is 8.72. The number of nitrogens with one attached hydrogen (secondary N) is 1. The van der Waals surface area contributed by atoms with Crippen LogP contribution in [0.15, 0.2) is 61.2 Å². The number of H-pyrrole nitrogens is 1. The first-order valence-corrected chi connectivity index (χ1v) is 13.1. The molecule has 0 radical (unpaired) electrons. The number of hydrogen-bond donors (Lipinski definition) is 2. The molecule has 0 bridgehead atoms. The molecule has 39 heavy (non-hydrogen) atoms. The zero-order valence-corrected chi connectivity index (χ0v) is 22.5. The summed E-state index contributed by atoms with van der Waals surface area (Å²) in [5, 5.41) is 13.3. The molecule has 1 unspecified atom stereocenters. The smallest absolute Gasteiger partial charge is 0.242 e. The predicted octanol–water partition coefficient (Wildman–Crippen LogP) is 4.41. The van der Waals surface area contributed by atoms with Crippen molar-refractivity contribution in [1.29, 1.82) is 0 Å². The largest absolute Gasteiger partial charge is 0.486 e. The molecule has 5 aromatic rings. The molecule has 1 aliphatic carbocycles. The first-order valence-electron chi connectivity index (χ1n) is 13.1. The molecule has 6 rings (SSSR count). The van der Waals surface area contributed by atoms with Crippen molar-refractivity contribution in [2.24, 2.45) is 5.73 Å². The number of carbonyl (C=O) groups excluding carboxylic acids is 1. The Morgan fingerprint density at radius 2 is 2.00 bits per heavy atom. The number of aromatic nitrogens is 6. The molecule has 1 aliphatic rings. The van der Waals surface area contributed by atoms with E-state index in [1.165, 1.54) is 0 Å². The van der Waals surface area contributed by atoms with Crippen molar-refractivity contribution in [3.05, 3.63) is 66.7 Å². The number of aromatic amines is 1. The number of para-hydroxylation sites is 1. The monoisotopic (exact) mass is 524 g/mol. The Bertz CT molecular complexity index is 1660. The standard InChI is InChI=1S/C29H32N8O2/c1-17(22-6-5-7-25-27(22)32-11-10-31-25)39-21-8-9-24-23(14-21)26(35-34-24)18-15-33-37(16-18)20-12-19(13-20)36(4)28(38)29(2,3)30/h5-11,14-17,19-20H,12-13,30H2,1-4H3,(H,34,35). The van der Waals surface area contributed by atoms with Gasteiger partial charge >= 0.3 is 0 Å². The minimum Gasteiger partial charge on any atom is -0.486 e. The zero-order chi connectivity index (χ0) is 27.3. The average Bonchev–Trinajstić information content (AvgIpc) is 3.53. The van der Waals surface area contributed by atoms with Crippen LogP contribution in [-0.4, -0.2) is 59.4 Å². The number of rotatable bonds is 7. The molecule has 3 N–H and O–H groups in total. The molecule has 2 aromatic carbocycles. The van der Waals surface area contributed by atoms with E-state index in [1.807, 2.05) is 67.4 Å². The summed E-state index contributed by atoms with van der Waals surface area (Å²) in [5.74, 6) is 0.694. The Labute approximate surface area is 226 Å². The van der Waals surface area contributed by atoms with Gasteiger partial charge in [-0.15, -0.1) is 0 Å². The maximum absolute atomic E-state index is 12.5. The summed E-state index contributed by atoms with van der Waals surface area (Å²) < 4.78 is 8.33. The molecular formula is C29H32N8O2. The number of carbonyl (C=O) groups is 1. The van der Waals surface area contributed by atoms with E-state index >= 15 is 0 Å². The van der Waals surface area contributed by atoms with Gasteiger partial charge in [-0.25, -0.2) is 0 Å². The highest BCUT2D eigenvalue weighted by molar-refractivity contribution is 5.93. The number of nitrogens with two attached hydrogens (primary N) is 1. The van der Waals surface area contributed by atoms with Crippen molar-refractivity contribution in [2.45, 2.75) is 57.3 Å². The zero-order valence-electron chi connectivity index (χ0n) is 22.5. The normalized spacial score (nSPS) is 18.2. The molecule has 1 amide bonds. The Morgan fingerprint density at radius 3 is 2.79 bits per heavy atom. The number of ether oxygens (including phenoxy) is 1. The van der Waals surface area contributed by atoms with Crippen LogP contribution in [0.25, 0.3) is 33.2 Å². The fraction of sp³-hybridized carbons (Fsp3) is 0.345. The Hall–Kier alpha value is -4.31. The highest BCUT2D eigenvalue weighted by Gasteiger charge is 2.38. The molecule has 0 spiro atoms. The Kier molecular flexibility index (Phi) is 6.06. The molecule has 0 aliphatic heterocycles. The van der Waals surface area contributed by atoms with Crippen LogP contribution in [0.1, 0.15) is 51.3 Å². The highest BCUT2D eigenvalue weighted by atomic mass is 16.5. The maximum Gasteiger partial charge on any atom is 0.242 e. The summed E-state index contributed by atoms with van der Waals surface area (Å²) in [4.78, 5) is 23.2. The molecule has 1 saturated carbocycles. The van der Waals surface area contributed by atoms with Crippen LogP contribution in [0, 0.1) is 0 Å². The SMILES string of the molecule is CC(Oc1ccc2[nH]nc(-c3cnn(C4CC(N(C)C(=O)C(C)(C)N)C4)c3)c2c1)c1cccc2nccnc12. The Morgan fingerprint density at radius 1 is 1.21 bits per heavy atom. The van der Waals surface area contributed by atoms with E-state index < -0.39 is 5.54 Å². The molecular weight excluding hydrogens is 492 g/mol. The van der Waals surface area contributed by atoms with Crippen LogP contribution < -0.4 is 10.5 Å². The molecule has 0 saturated heterocycles. The average molecular weight is 525 g/mol. The number of hydrogen-bond acceptors (Lipinski definition) is 7. The van der Waals surface area contributed by atoms with Gasteiger partial charge in [0.15, 0.2) is 0 Å². The molecule has 3 aromatic heterocycles. The fourth-order valence-corrected chi connectivity index (χ4v) is 5.27. The second-order valence-corrected chi connectivity index (χ2v) is 10.9. The van der Waals surface area contributed by atoms with Gasteiger partial charge < -0.3 is 15.4 Å². The van der Waals surface area contributed by atoms with Gasteiger partial charge in [-0.3, -0.25) is 24.5 Å². The van der Waals surface area contributed by atoms with Gasteiger partial charge in [0.25, 0.3) is 0 Å².